The molecule has 12 nitrogen and oxygen atoms in total. The summed E-state index contributed by atoms with van der Waals surface area (Å²) in [5.41, 5.74) is 2.53. The maximum absolute atomic E-state index is 12.2. The number of ether oxygens (including phenoxy) is 2. The van der Waals surface area contributed by atoms with Crippen molar-refractivity contribution in [2.45, 2.75) is 13.0 Å². The number of amides is 2. The second-order valence-electron chi connectivity index (χ2n) is 8.16. The molecule has 4 aromatic rings. The molecule has 12 heteroatoms. The summed E-state index contributed by atoms with van der Waals surface area (Å²) in [6.45, 7) is 2.38. The molecule has 1 fully saturated rings. The van der Waals surface area contributed by atoms with E-state index in [2.05, 4.69) is 36.0 Å². The highest BCUT2D eigenvalue weighted by Crippen LogP contribution is 2.32. The van der Waals surface area contributed by atoms with E-state index in [9.17, 15) is 9.59 Å². The Hall–Kier alpha value is -4.61. The van der Waals surface area contributed by atoms with Crippen LogP contribution in [0.4, 0.5) is 11.6 Å². The third-order valence-corrected chi connectivity index (χ3v) is 5.68. The van der Waals surface area contributed by atoms with Gasteiger partial charge in [-0.3, -0.25) is 14.7 Å². The fourth-order valence-corrected chi connectivity index (χ4v) is 3.78. The van der Waals surface area contributed by atoms with Gasteiger partial charge >= 0.3 is 0 Å². The number of aromatic nitrogens is 5. The molecule has 35 heavy (non-hydrogen) atoms. The molecule has 0 bridgehead atoms. The molecule has 1 saturated heterocycles. The van der Waals surface area contributed by atoms with Crippen molar-refractivity contribution in [3.63, 3.8) is 0 Å². The predicted octanol–water partition coefficient (Wildman–Crippen LogP) is 1.83. The summed E-state index contributed by atoms with van der Waals surface area (Å²) in [5.74, 6) is 1.65. The van der Waals surface area contributed by atoms with E-state index in [0.29, 0.717) is 36.4 Å². The van der Waals surface area contributed by atoms with Crippen LogP contribution in [0.1, 0.15) is 6.92 Å². The topological polar surface area (TPSA) is 150 Å². The van der Waals surface area contributed by atoms with Gasteiger partial charge in [0.25, 0.3) is 5.91 Å². The summed E-state index contributed by atoms with van der Waals surface area (Å²) in [6, 6.07) is 11.0. The van der Waals surface area contributed by atoms with E-state index in [-0.39, 0.29) is 24.5 Å². The number of anilines is 2. The molecule has 2 amide bonds. The number of carbonyl (C=O) groups excluding carboxylic acids is 2. The molecule has 0 saturated carbocycles. The SMILES string of the molecule is COc1cc(-c2nnc(Nc3ccc4[nH]ncc4c3)[nH]2)ccc1OCC(=O)NC1CN(C(C)=O)C1. The lowest BCUT2D eigenvalue weighted by molar-refractivity contribution is -0.136. The van der Waals surface area contributed by atoms with E-state index in [1.54, 1.807) is 29.3 Å². The van der Waals surface area contributed by atoms with Gasteiger partial charge in [0.05, 0.1) is 24.9 Å². The van der Waals surface area contributed by atoms with Crippen LogP contribution in [0, 0.1) is 0 Å². The molecule has 180 valence electrons. The first kappa shape index (κ1) is 22.2. The number of nitrogens with zero attached hydrogens (tertiary/aromatic N) is 4. The van der Waals surface area contributed by atoms with E-state index >= 15 is 0 Å². The van der Waals surface area contributed by atoms with Crippen molar-refractivity contribution < 1.29 is 19.1 Å². The van der Waals surface area contributed by atoms with Crippen molar-refractivity contribution in [2.75, 3.05) is 32.1 Å². The quantitative estimate of drug-likeness (QED) is 0.301. The number of nitrogens with one attached hydrogen (secondary N) is 4. The van der Waals surface area contributed by atoms with E-state index in [1.807, 2.05) is 18.2 Å². The normalized spacial score (nSPS) is 13.4. The van der Waals surface area contributed by atoms with E-state index in [1.165, 1.54) is 14.0 Å². The molecule has 3 heterocycles. The lowest BCUT2D eigenvalue weighted by atomic mass is 10.1. The van der Waals surface area contributed by atoms with Gasteiger partial charge in [-0.2, -0.15) is 5.10 Å². The van der Waals surface area contributed by atoms with Crippen molar-refractivity contribution in [1.29, 1.82) is 0 Å². The first-order chi connectivity index (χ1) is 17.0. The lowest BCUT2D eigenvalue weighted by Gasteiger charge is -2.38. The van der Waals surface area contributed by atoms with Gasteiger partial charge in [-0.25, -0.2) is 0 Å². The summed E-state index contributed by atoms with van der Waals surface area (Å²) in [5, 5.41) is 22.3. The van der Waals surface area contributed by atoms with Crippen molar-refractivity contribution >= 4 is 34.4 Å². The van der Waals surface area contributed by atoms with E-state index in [0.717, 1.165) is 22.2 Å². The maximum atomic E-state index is 12.2. The Balaban J connectivity index is 1.20. The number of aromatic amines is 2. The van der Waals surface area contributed by atoms with Crippen molar-refractivity contribution in [1.82, 2.24) is 35.6 Å². The van der Waals surface area contributed by atoms with Gasteiger partial charge in [0.15, 0.2) is 23.9 Å². The number of likely N-dealkylation sites (tertiary alicyclic amines) is 1. The summed E-state index contributed by atoms with van der Waals surface area (Å²) in [4.78, 5) is 28.2. The number of benzene rings is 2. The number of carbonyl (C=O) groups is 2. The largest absolute Gasteiger partial charge is 0.493 e. The molecule has 4 N–H and O–H groups in total. The molecular weight excluding hydrogens is 452 g/mol. The smallest absolute Gasteiger partial charge is 0.258 e. The van der Waals surface area contributed by atoms with Crippen LogP contribution in [0.15, 0.2) is 42.6 Å². The average Bonchev–Trinajstić information content (AvgIpc) is 3.48. The number of hydrogen-bond donors (Lipinski definition) is 4. The fraction of sp³-hybridized carbons (Fsp3) is 0.261. The van der Waals surface area contributed by atoms with Crippen LogP contribution >= 0.6 is 0 Å². The Kier molecular flexibility index (Phi) is 5.92. The maximum Gasteiger partial charge on any atom is 0.258 e. The van der Waals surface area contributed by atoms with E-state index < -0.39 is 0 Å². The molecule has 2 aromatic heterocycles. The zero-order valence-electron chi connectivity index (χ0n) is 19.2. The van der Waals surface area contributed by atoms with Gasteiger partial charge < -0.3 is 30.0 Å². The first-order valence-corrected chi connectivity index (χ1v) is 11.0. The third kappa shape index (κ3) is 4.86. The molecule has 0 unspecified atom stereocenters. The fourth-order valence-electron chi connectivity index (χ4n) is 3.78. The Labute approximate surface area is 200 Å². The van der Waals surface area contributed by atoms with Crippen LogP contribution in [0.3, 0.4) is 0 Å². The number of rotatable bonds is 8. The molecule has 0 aliphatic carbocycles. The lowest BCUT2D eigenvalue weighted by Crippen LogP contribution is -2.61. The van der Waals surface area contributed by atoms with Gasteiger partial charge in [-0.15, -0.1) is 10.2 Å². The standard InChI is InChI=1S/C23H24N8O4/c1-13(32)31-10-17(11-31)25-21(33)12-35-19-6-3-14(8-20(19)34-2)22-27-23(30-29-22)26-16-4-5-18-15(7-16)9-24-28-18/h3-9,17H,10-12H2,1-2H3,(H,24,28)(H,25,33)(H2,26,27,29,30). The highest BCUT2D eigenvalue weighted by Gasteiger charge is 2.29. The van der Waals surface area contributed by atoms with Crippen LogP contribution in [0.5, 0.6) is 11.5 Å². The predicted molar refractivity (Wildman–Crippen MR) is 127 cm³/mol. The van der Waals surface area contributed by atoms with Crippen LogP contribution in [0.25, 0.3) is 22.3 Å². The minimum Gasteiger partial charge on any atom is -0.493 e. The summed E-state index contributed by atoms with van der Waals surface area (Å²) in [7, 11) is 1.52. The Morgan fingerprint density at radius 2 is 2.00 bits per heavy atom. The molecule has 0 atom stereocenters. The first-order valence-electron chi connectivity index (χ1n) is 11.0. The second kappa shape index (κ2) is 9.33. The van der Waals surface area contributed by atoms with Crippen LogP contribution in [-0.4, -0.2) is 74.9 Å². The van der Waals surface area contributed by atoms with Gasteiger partial charge in [0.2, 0.25) is 11.9 Å². The zero-order chi connectivity index (χ0) is 24.4. The molecule has 5 rings (SSSR count). The molecule has 1 aliphatic heterocycles. The van der Waals surface area contributed by atoms with Gasteiger partial charge in [0, 0.05) is 36.7 Å². The molecular formula is C23H24N8O4. The monoisotopic (exact) mass is 476 g/mol. The summed E-state index contributed by atoms with van der Waals surface area (Å²) >= 11 is 0. The van der Waals surface area contributed by atoms with Crippen LogP contribution in [-0.2, 0) is 9.59 Å². The summed E-state index contributed by atoms with van der Waals surface area (Å²) in [6.07, 6.45) is 1.75. The van der Waals surface area contributed by atoms with Gasteiger partial charge in [0.1, 0.15) is 0 Å². The summed E-state index contributed by atoms with van der Waals surface area (Å²) < 4.78 is 11.1. The van der Waals surface area contributed by atoms with Crippen molar-refractivity contribution in [2.24, 2.45) is 0 Å². The van der Waals surface area contributed by atoms with Crippen LogP contribution in [0.2, 0.25) is 0 Å². The van der Waals surface area contributed by atoms with Gasteiger partial charge in [-0.1, -0.05) is 0 Å². The Bertz CT molecular complexity index is 1370. The minimum atomic E-state index is -0.260. The minimum absolute atomic E-state index is 0.00184. The third-order valence-electron chi connectivity index (χ3n) is 5.68. The molecule has 0 spiro atoms. The van der Waals surface area contributed by atoms with Crippen LogP contribution < -0.4 is 20.1 Å². The number of H-pyrrole nitrogens is 2. The van der Waals surface area contributed by atoms with Crippen molar-refractivity contribution in [3.05, 3.63) is 42.6 Å². The highest BCUT2D eigenvalue weighted by atomic mass is 16.5. The Morgan fingerprint density at radius 1 is 1.14 bits per heavy atom. The number of methoxy groups -OCH3 is 1. The average molecular weight is 476 g/mol. The molecule has 1 aliphatic rings. The number of fused-ring (bicyclic) bond motifs is 1. The molecule has 0 radical (unpaired) electrons. The Morgan fingerprint density at radius 3 is 2.80 bits per heavy atom. The highest BCUT2D eigenvalue weighted by molar-refractivity contribution is 5.82. The van der Waals surface area contributed by atoms with E-state index in [4.69, 9.17) is 9.47 Å². The second-order valence-corrected chi connectivity index (χ2v) is 8.16. The molecule has 2 aromatic carbocycles. The number of hydrogen-bond acceptors (Lipinski definition) is 8. The zero-order valence-corrected chi connectivity index (χ0v) is 19.2. The van der Waals surface area contributed by atoms with Gasteiger partial charge in [-0.05, 0) is 36.4 Å². The van der Waals surface area contributed by atoms with Crippen molar-refractivity contribution in [3.8, 4) is 22.9 Å².